The monoisotopic (exact) mass is 325 g/mol. The van der Waals surface area contributed by atoms with Gasteiger partial charge in [-0.15, -0.1) is 5.10 Å². The van der Waals surface area contributed by atoms with E-state index in [0.717, 1.165) is 11.8 Å². The largest absolute Gasteiger partial charge is 0.500 e. The number of nitroso groups, excluding NO2 is 1. The Labute approximate surface area is 128 Å². The van der Waals surface area contributed by atoms with Gasteiger partial charge in [0.25, 0.3) is 0 Å². The summed E-state index contributed by atoms with van der Waals surface area (Å²) in [4.78, 5) is 26.1. The summed E-state index contributed by atoms with van der Waals surface area (Å²) < 4.78 is 5.52. The van der Waals surface area contributed by atoms with E-state index in [2.05, 4.69) is 15.2 Å². The molecule has 0 aliphatic heterocycles. The van der Waals surface area contributed by atoms with Crippen molar-refractivity contribution in [2.45, 2.75) is 5.16 Å². The second-order valence-corrected chi connectivity index (χ2v) is 5.14. The van der Waals surface area contributed by atoms with Crippen LogP contribution < -0.4 is 4.74 Å². The fraction of sp³-hybridized carbons (Fsp3) is 0.250. The third-order valence-corrected chi connectivity index (χ3v) is 3.51. The molecular formula is C12H13N4O5S+. The number of rotatable bonds is 6. The van der Waals surface area contributed by atoms with Gasteiger partial charge in [0.15, 0.2) is 18.6 Å². The van der Waals surface area contributed by atoms with Crippen molar-refractivity contribution < 1.29 is 24.5 Å². The number of phenolic OH excluding ortho intramolecular Hbond substituents is 1. The van der Waals surface area contributed by atoms with Crippen molar-refractivity contribution in [3.05, 3.63) is 17.0 Å². The van der Waals surface area contributed by atoms with Crippen LogP contribution in [0.15, 0.2) is 17.3 Å². The molecular weight excluding hydrogens is 312 g/mol. The lowest BCUT2D eigenvalue weighted by Gasteiger charge is -2.05. The molecule has 0 radical (unpaired) electrons. The number of ether oxygens (including phenoxy) is 1. The number of carboxylic acid groups (broad SMARTS) is 1. The van der Waals surface area contributed by atoms with Crippen LogP contribution in [0.4, 0.5) is 5.69 Å². The quantitative estimate of drug-likeness (QED) is 0.537. The molecule has 116 valence electrons. The van der Waals surface area contributed by atoms with Gasteiger partial charge < -0.3 is 14.9 Å². The van der Waals surface area contributed by atoms with Gasteiger partial charge in [0.05, 0.1) is 12.9 Å². The van der Waals surface area contributed by atoms with Gasteiger partial charge in [0, 0.05) is 21.3 Å². The molecule has 1 aromatic heterocycles. The van der Waals surface area contributed by atoms with Crippen LogP contribution in [0.3, 0.4) is 0 Å². The minimum atomic E-state index is -0.974. The summed E-state index contributed by atoms with van der Waals surface area (Å²) in [5.74, 6) is -0.965. The number of aliphatic carboxylic acids is 1. The number of carboxylic acids is 1. The number of hydrogen-bond donors (Lipinski definition) is 3. The Morgan fingerprint density at radius 2 is 2.23 bits per heavy atom. The van der Waals surface area contributed by atoms with E-state index in [1.54, 1.807) is 0 Å². The minimum Gasteiger partial charge on any atom is -0.500 e. The van der Waals surface area contributed by atoms with Gasteiger partial charge in [-0.25, -0.2) is 4.98 Å². The minimum absolute atomic E-state index is 0.0190. The molecule has 0 spiro atoms. The van der Waals surface area contributed by atoms with E-state index in [9.17, 15) is 14.8 Å². The van der Waals surface area contributed by atoms with Crippen molar-refractivity contribution in [2.75, 3.05) is 19.9 Å². The molecule has 0 aliphatic rings. The number of hydrogen-bond acceptors (Lipinski definition) is 7. The van der Waals surface area contributed by atoms with Crippen LogP contribution in [0.1, 0.15) is 0 Å². The molecule has 0 saturated heterocycles. The van der Waals surface area contributed by atoms with Crippen LogP contribution in [0, 0.1) is 4.91 Å². The predicted octanol–water partition coefficient (Wildman–Crippen LogP) is 1.40. The van der Waals surface area contributed by atoms with Gasteiger partial charge in [0.2, 0.25) is 10.9 Å². The van der Waals surface area contributed by atoms with Crippen molar-refractivity contribution in [2.24, 2.45) is 0 Å². The van der Waals surface area contributed by atoms with Crippen LogP contribution in [-0.2, 0) is 4.79 Å². The molecule has 1 aromatic carbocycles. The van der Waals surface area contributed by atoms with Crippen molar-refractivity contribution in [1.29, 1.82) is 0 Å². The number of H-pyrrole nitrogens is 1. The number of aromatic amines is 1. The standard InChI is InChI=1S/C12H12N4O5S/c1-16(20)7-3-6(4-8(21-2)10(7)19)11-13-12(15-14-11)22-5-9(17)18/h3-4H,5H2,1-2H3,(H2-,13,14,15,17,18,19,20)/p+1. The number of benzene rings is 1. The van der Waals surface area contributed by atoms with E-state index >= 15 is 0 Å². The lowest BCUT2D eigenvalue weighted by molar-refractivity contribution is -0.429. The summed E-state index contributed by atoms with van der Waals surface area (Å²) in [6.07, 6.45) is 0. The van der Waals surface area contributed by atoms with Crippen LogP contribution in [0.25, 0.3) is 11.4 Å². The lowest BCUT2D eigenvalue weighted by Crippen LogP contribution is -1.97. The Morgan fingerprint density at radius 1 is 1.50 bits per heavy atom. The molecule has 2 aromatic rings. The number of thioether (sulfide) groups is 1. The Morgan fingerprint density at radius 3 is 2.82 bits per heavy atom. The van der Waals surface area contributed by atoms with Gasteiger partial charge in [0.1, 0.15) is 0 Å². The SMILES string of the molecule is COc1cc(-c2nc(SCC(=O)O)n[nH]2)cc([N+](C)=O)c1O. The van der Waals surface area contributed by atoms with E-state index in [1.165, 1.54) is 26.3 Å². The van der Waals surface area contributed by atoms with Crippen LogP contribution in [0.2, 0.25) is 0 Å². The molecule has 0 bridgehead atoms. The van der Waals surface area contributed by atoms with Crippen LogP contribution >= 0.6 is 11.8 Å². The molecule has 0 saturated carbocycles. The molecule has 0 atom stereocenters. The highest BCUT2D eigenvalue weighted by Gasteiger charge is 2.22. The third-order valence-electron chi connectivity index (χ3n) is 2.68. The van der Waals surface area contributed by atoms with Crippen LogP contribution in [0.5, 0.6) is 11.5 Å². The molecule has 10 heteroatoms. The topological polar surface area (TPSA) is 128 Å². The van der Waals surface area contributed by atoms with Gasteiger partial charge in [-0.3, -0.25) is 9.89 Å². The molecule has 0 unspecified atom stereocenters. The van der Waals surface area contributed by atoms with E-state index in [4.69, 9.17) is 9.84 Å². The normalized spacial score (nSPS) is 10.5. The van der Waals surface area contributed by atoms with Crippen LogP contribution in [-0.4, -0.2) is 56.0 Å². The summed E-state index contributed by atoms with van der Waals surface area (Å²) in [5, 5.41) is 25.3. The summed E-state index contributed by atoms with van der Waals surface area (Å²) >= 11 is 0.962. The number of aromatic nitrogens is 3. The fourth-order valence-corrected chi connectivity index (χ4v) is 2.21. The van der Waals surface area contributed by atoms with Crippen molar-refractivity contribution in [1.82, 2.24) is 15.2 Å². The first-order valence-corrected chi connectivity index (χ1v) is 7.00. The summed E-state index contributed by atoms with van der Waals surface area (Å²) in [6, 6.07) is 2.92. The molecule has 3 N–H and O–H groups in total. The zero-order valence-electron chi connectivity index (χ0n) is 11.7. The average molecular weight is 325 g/mol. The molecule has 0 amide bonds. The van der Waals surface area contributed by atoms with Crippen molar-refractivity contribution in [3.8, 4) is 22.9 Å². The molecule has 9 nitrogen and oxygen atoms in total. The highest BCUT2D eigenvalue weighted by Crippen LogP contribution is 2.39. The number of nitrogens with one attached hydrogen (secondary N) is 1. The summed E-state index contributed by atoms with van der Waals surface area (Å²) in [5.41, 5.74) is 0.493. The first-order chi connectivity index (χ1) is 10.4. The zero-order valence-corrected chi connectivity index (χ0v) is 12.5. The second-order valence-electron chi connectivity index (χ2n) is 4.19. The van der Waals surface area contributed by atoms with Gasteiger partial charge in [-0.05, 0) is 6.07 Å². The molecule has 22 heavy (non-hydrogen) atoms. The van der Waals surface area contributed by atoms with Gasteiger partial charge in [-0.2, -0.15) is 0 Å². The smallest absolute Gasteiger partial charge is 0.313 e. The predicted molar refractivity (Wildman–Crippen MR) is 77.6 cm³/mol. The Bertz CT molecular complexity index is 730. The second kappa shape index (κ2) is 6.43. The lowest BCUT2D eigenvalue weighted by atomic mass is 10.1. The van der Waals surface area contributed by atoms with Gasteiger partial charge in [-0.1, -0.05) is 11.8 Å². The molecule has 2 rings (SSSR count). The first kappa shape index (κ1) is 15.8. The highest BCUT2D eigenvalue weighted by molar-refractivity contribution is 7.99. The first-order valence-electron chi connectivity index (χ1n) is 6.01. The molecule has 1 heterocycles. The molecule has 0 aliphatic carbocycles. The third kappa shape index (κ3) is 3.34. The fourth-order valence-electron chi connectivity index (χ4n) is 1.69. The number of aromatic hydroxyl groups is 1. The Balaban J connectivity index is 2.38. The average Bonchev–Trinajstić information content (AvgIpc) is 2.94. The number of nitrogens with zero attached hydrogens (tertiary/aromatic N) is 3. The number of methoxy groups -OCH3 is 1. The summed E-state index contributed by atoms with van der Waals surface area (Å²) in [7, 11) is 2.61. The van der Waals surface area contributed by atoms with Crippen molar-refractivity contribution >= 4 is 23.4 Å². The maximum atomic E-state index is 11.5. The van der Waals surface area contributed by atoms with E-state index < -0.39 is 5.97 Å². The van der Waals surface area contributed by atoms with E-state index in [1.807, 2.05) is 0 Å². The summed E-state index contributed by atoms with van der Waals surface area (Å²) in [6.45, 7) is 0. The van der Waals surface area contributed by atoms with Crippen molar-refractivity contribution in [3.63, 3.8) is 0 Å². The number of phenols is 1. The highest BCUT2D eigenvalue weighted by atomic mass is 32.2. The Hall–Kier alpha value is -2.62. The van der Waals surface area contributed by atoms with E-state index in [0.29, 0.717) is 16.1 Å². The van der Waals surface area contributed by atoms with E-state index in [-0.39, 0.29) is 28.1 Å². The maximum Gasteiger partial charge on any atom is 0.313 e. The Kier molecular flexibility index (Phi) is 4.61. The number of carbonyl (C=O) groups is 1. The molecule has 0 fully saturated rings. The van der Waals surface area contributed by atoms with Gasteiger partial charge >= 0.3 is 11.7 Å². The zero-order chi connectivity index (χ0) is 16.3. The maximum absolute atomic E-state index is 11.5.